The zero-order valence-electron chi connectivity index (χ0n) is 63.2. The van der Waals surface area contributed by atoms with E-state index in [1.165, 1.54) is 25.7 Å². The van der Waals surface area contributed by atoms with E-state index in [0.29, 0.717) is 32.1 Å². The molecule has 19 heteroatoms. The summed E-state index contributed by atoms with van der Waals surface area (Å²) in [6.45, 7) is 4.38. The van der Waals surface area contributed by atoms with Crippen molar-refractivity contribution < 1.29 is 80.2 Å². The standard InChI is InChI=1S/C83H136O17P2/c1-5-9-13-17-21-25-29-33-36-38-41-44-47-51-55-59-63-67-80(85)93-73-78(99-82(87)69-65-61-57-53-49-43-32-28-24-20-16-12-8-4)75-97-101(89,90)95-71-77(84)72-96-102(91,92)98-76-79(100-83(88)70-66-62-58-54-50-46-40-35-31-27-23-19-15-11-7-3)74-94-81(86)68-64-60-56-52-48-45-42-39-37-34-30-26-22-18-14-10-6-2/h9-11,13-15,21-23,25-28,32-37,40-42,44-45,52,56,77-79,84H,5-8,12,16-20,24,29-31,38-39,43,46-51,53-55,57-76H2,1-4H3,(H,89,90)(H,91,92)/b13-9-,14-10-,15-11-,25-21-,26-22-,27-23-,32-28-,36-33-,37-34-,40-35-,44-41-,45-42-,56-52-. The van der Waals surface area contributed by atoms with Gasteiger partial charge in [-0.15, -0.1) is 0 Å². The summed E-state index contributed by atoms with van der Waals surface area (Å²) in [6.07, 6.45) is 85.2. The van der Waals surface area contributed by atoms with E-state index < -0.39 is 97.5 Å². The molecular formula is C83H136O17P2. The van der Waals surface area contributed by atoms with Crippen molar-refractivity contribution in [3.05, 3.63) is 158 Å². The van der Waals surface area contributed by atoms with Crippen LogP contribution < -0.4 is 0 Å². The summed E-state index contributed by atoms with van der Waals surface area (Å²) in [5.74, 6) is -2.31. The maximum absolute atomic E-state index is 13.1. The number of phosphoric ester groups is 2. The molecule has 102 heavy (non-hydrogen) atoms. The first-order valence-corrected chi connectivity index (χ1v) is 41.7. The number of carbonyl (C=O) groups is 4. The van der Waals surface area contributed by atoms with Gasteiger partial charge in [-0.1, -0.05) is 256 Å². The van der Waals surface area contributed by atoms with Gasteiger partial charge in [-0.05, 0) is 161 Å². The van der Waals surface area contributed by atoms with Crippen LogP contribution in [0.3, 0.4) is 0 Å². The number of carbonyl (C=O) groups excluding carboxylic acids is 4. The Kier molecular flexibility index (Phi) is 70.1. The van der Waals surface area contributed by atoms with Gasteiger partial charge in [-0.3, -0.25) is 37.3 Å². The number of aliphatic hydroxyl groups is 1. The monoisotopic (exact) mass is 1470 g/mol. The Morgan fingerprint density at radius 3 is 0.833 bits per heavy atom. The van der Waals surface area contributed by atoms with Crippen LogP contribution in [0.2, 0.25) is 0 Å². The van der Waals surface area contributed by atoms with E-state index in [1.54, 1.807) is 0 Å². The Hall–Kier alpha value is -5.32. The third kappa shape index (κ3) is 73.0. The van der Waals surface area contributed by atoms with E-state index in [9.17, 15) is 43.2 Å². The van der Waals surface area contributed by atoms with Gasteiger partial charge in [0.25, 0.3) is 0 Å². The molecule has 3 N–H and O–H groups in total. The molecule has 0 spiro atoms. The van der Waals surface area contributed by atoms with Crippen LogP contribution in [-0.4, -0.2) is 96.7 Å². The van der Waals surface area contributed by atoms with E-state index >= 15 is 0 Å². The molecule has 0 saturated heterocycles. The van der Waals surface area contributed by atoms with Crippen molar-refractivity contribution >= 4 is 39.5 Å². The highest BCUT2D eigenvalue weighted by Crippen LogP contribution is 2.45. The first kappa shape index (κ1) is 96.7. The fourth-order valence-corrected chi connectivity index (χ4v) is 11.2. The lowest BCUT2D eigenvalue weighted by Gasteiger charge is -2.21. The zero-order chi connectivity index (χ0) is 74.6. The second-order valence-electron chi connectivity index (χ2n) is 25.1. The Balaban J connectivity index is 5.45. The van der Waals surface area contributed by atoms with Gasteiger partial charge in [-0.2, -0.15) is 0 Å². The fourth-order valence-electron chi connectivity index (χ4n) is 9.67. The van der Waals surface area contributed by atoms with Crippen LogP contribution in [0.5, 0.6) is 0 Å². The molecule has 0 fully saturated rings. The van der Waals surface area contributed by atoms with Crippen LogP contribution >= 0.6 is 15.6 Å². The lowest BCUT2D eigenvalue weighted by Crippen LogP contribution is -2.30. The second-order valence-corrected chi connectivity index (χ2v) is 28.1. The molecule has 0 aromatic rings. The van der Waals surface area contributed by atoms with Crippen molar-refractivity contribution in [2.45, 2.75) is 303 Å². The van der Waals surface area contributed by atoms with Gasteiger partial charge in [0, 0.05) is 25.7 Å². The molecule has 17 nitrogen and oxygen atoms in total. The van der Waals surface area contributed by atoms with Gasteiger partial charge in [0.1, 0.15) is 19.3 Å². The molecule has 0 rings (SSSR count). The Morgan fingerprint density at radius 2 is 0.520 bits per heavy atom. The predicted octanol–water partition coefficient (Wildman–Crippen LogP) is 22.4. The number of esters is 4. The third-order valence-electron chi connectivity index (χ3n) is 15.5. The highest BCUT2D eigenvalue weighted by molar-refractivity contribution is 7.47. The van der Waals surface area contributed by atoms with Gasteiger partial charge in [0.05, 0.1) is 26.4 Å². The molecule has 0 bridgehead atoms. The maximum atomic E-state index is 13.1. The summed E-state index contributed by atoms with van der Waals surface area (Å²) < 4.78 is 68.4. The minimum absolute atomic E-state index is 0.0575. The molecule has 0 saturated carbocycles. The highest BCUT2D eigenvalue weighted by atomic mass is 31.2. The molecule has 580 valence electrons. The molecule has 0 aromatic heterocycles. The molecule has 0 radical (unpaired) electrons. The average Bonchev–Trinajstić information content (AvgIpc) is 0.939. The Morgan fingerprint density at radius 1 is 0.284 bits per heavy atom. The largest absolute Gasteiger partial charge is 0.472 e. The summed E-state index contributed by atoms with van der Waals surface area (Å²) in [5.41, 5.74) is 0. The van der Waals surface area contributed by atoms with Gasteiger partial charge < -0.3 is 33.8 Å². The SMILES string of the molecule is CC/C=C\C/C=C\C/C=C\C/C=C\C/C=C\CCCC(=O)OCC(COP(=O)(O)OCC(O)COP(=O)(O)OCC(COC(=O)CCCCCC/C=C\C/C=C\C/C=C\C/C=C\CC)OC(=O)CCCCCCC/C=C\CCCCCC)OC(=O)CCCCCCC/C=C\C/C=C\C/C=C\CC. The molecule has 0 heterocycles. The number of allylic oxidation sites excluding steroid dienone is 26. The Bertz CT molecular complexity index is 2550. The van der Waals surface area contributed by atoms with Crippen molar-refractivity contribution in [1.82, 2.24) is 0 Å². The minimum Gasteiger partial charge on any atom is -0.462 e. The molecule has 0 aliphatic carbocycles. The van der Waals surface area contributed by atoms with Crippen LogP contribution in [0, 0.1) is 0 Å². The summed E-state index contributed by atoms with van der Waals surface area (Å²) >= 11 is 0. The van der Waals surface area contributed by atoms with Gasteiger partial charge in [0.15, 0.2) is 12.2 Å². The highest BCUT2D eigenvalue weighted by Gasteiger charge is 2.30. The minimum atomic E-state index is -5.00. The number of hydrogen-bond donors (Lipinski definition) is 3. The average molecular weight is 1470 g/mol. The quantitative estimate of drug-likeness (QED) is 0.0169. The van der Waals surface area contributed by atoms with Crippen molar-refractivity contribution in [2.75, 3.05) is 39.6 Å². The second kappa shape index (κ2) is 74.0. The first-order valence-electron chi connectivity index (χ1n) is 38.7. The number of unbranched alkanes of at least 4 members (excludes halogenated alkanes) is 19. The van der Waals surface area contributed by atoms with Crippen LogP contribution in [0.25, 0.3) is 0 Å². The van der Waals surface area contributed by atoms with Crippen LogP contribution in [-0.2, 0) is 65.4 Å². The van der Waals surface area contributed by atoms with Crippen molar-refractivity contribution in [3.63, 3.8) is 0 Å². The Labute approximate surface area is 617 Å². The molecular weight excluding hydrogens is 1330 g/mol. The summed E-state index contributed by atoms with van der Waals surface area (Å²) in [5, 5.41) is 10.6. The number of hydrogen-bond acceptors (Lipinski definition) is 15. The molecule has 0 amide bonds. The maximum Gasteiger partial charge on any atom is 0.472 e. The zero-order valence-corrected chi connectivity index (χ0v) is 65.0. The topological polar surface area (TPSA) is 237 Å². The molecule has 5 atom stereocenters. The van der Waals surface area contributed by atoms with E-state index in [-0.39, 0.29) is 25.7 Å². The fraction of sp³-hybridized carbons (Fsp3) is 0.639. The van der Waals surface area contributed by atoms with Gasteiger partial charge >= 0.3 is 39.5 Å². The van der Waals surface area contributed by atoms with E-state index in [2.05, 4.69) is 174 Å². The van der Waals surface area contributed by atoms with Crippen LogP contribution in [0.15, 0.2) is 158 Å². The molecule has 0 aromatic carbocycles. The normalized spacial score (nSPS) is 14.8. The molecule has 0 aliphatic heterocycles. The molecule has 5 unspecified atom stereocenters. The van der Waals surface area contributed by atoms with E-state index in [0.717, 1.165) is 173 Å². The van der Waals surface area contributed by atoms with Crippen molar-refractivity contribution in [3.8, 4) is 0 Å². The summed E-state index contributed by atoms with van der Waals surface area (Å²) in [7, 11) is -9.99. The van der Waals surface area contributed by atoms with E-state index in [4.69, 9.17) is 37.0 Å². The summed E-state index contributed by atoms with van der Waals surface area (Å²) in [6, 6.07) is 0. The van der Waals surface area contributed by atoms with Crippen molar-refractivity contribution in [1.29, 1.82) is 0 Å². The number of ether oxygens (including phenoxy) is 4. The number of phosphoric acid groups is 2. The number of rotatable bonds is 71. The lowest BCUT2D eigenvalue weighted by atomic mass is 10.1. The predicted molar refractivity (Wildman–Crippen MR) is 417 cm³/mol. The van der Waals surface area contributed by atoms with Gasteiger partial charge in [0.2, 0.25) is 0 Å². The lowest BCUT2D eigenvalue weighted by molar-refractivity contribution is -0.161. The van der Waals surface area contributed by atoms with E-state index in [1.807, 2.05) is 12.2 Å². The third-order valence-corrected chi connectivity index (χ3v) is 17.4. The summed E-state index contributed by atoms with van der Waals surface area (Å²) in [4.78, 5) is 72.9. The van der Waals surface area contributed by atoms with Crippen LogP contribution in [0.1, 0.15) is 285 Å². The van der Waals surface area contributed by atoms with Crippen LogP contribution in [0.4, 0.5) is 0 Å². The van der Waals surface area contributed by atoms with Crippen molar-refractivity contribution in [2.24, 2.45) is 0 Å². The van der Waals surface area contributed by atoms with Gasteiger partial charge in [-0.25, -0.2) is 9.13 Å². The number of aliphatic hydroxyl groups excluding tert-OH is 1. The smallest absolute Gasteiger partial charge is 0.462 e. The molecule has 0 aliphatic rings. The first-order chi connectivity index (χ1) is 49.7.